The molecule has 142 valence electrons. The number of Topliss-reactive ketones (excluding diaryl/α,β-unsaturated/α-hetero) is 1. The van der Waals surface area contributed by atoms with Crippen LogP contribution in [0.2, 0.25) is 0 Å². The zero-order valence-corrected chi connectivity index (χ0v) is 15.5. The first-order valence-corrected chi connectivity index (χ1v) is 9.79. The summed E-state index contributed by atoms with van der Waals surface area (Å²) in [6, 6.07) is 0.598. The van der Waals surface area contributed by atoms with Crippen molar-refractivity contribution in [1.29, 1.82) is 0 Å². The highest BCUT2D eigenvalue weighted by Gasteiger charge is 2.26. The maximum absolute atomic E-state index is 11.8. The van der Waals surface area contributed by atoms with Crippen molar-refractivity contribution >= 4 is 23.5 Å². The highest BCUT2D eigenvalue weighted by molar-refractivity contribution is 5.97. The van der Waals surface area contributed by atoms with E-state index in [0.29, 0.717) is 35.6 Å². The number of ketones is 1. The number of nitrogens with zero attached hydrogens (tertiary/aromatic N) is 2. The summed E-state index contributed by atoms with van der Waals surface area (Å²) in [6.07, 6.45) is 10.4. The topological polar surface area (TPSA) is 110 Å². The second-order valence-corrected chi connectivity index (χ2v) is 7.46. The van der Waals surface area contributed by atoms with Gasteiger partial charge in [0, 0.05) is 30.6 Å². The third kappa shape index (κ3) is 4.51. The van der Waals surface area contributed by atoms with Crippen LogP contribution in [0.1, 0.15) is 75.1 Å². The Morgan fingerprint density at radius 3 is 2.35 bits per heavy atom. The molecular weight excluding hydrogens is 330 g/mol. The van der Waals surface area contributed by atoms with Crippen LogP contribution in [0.3, 0.4) is 0 Å². The smallest absolute Gasteiger partial charge is 0.254 e. The number of aromatic nitrogens is 2. The number of primary amides is 1. The van der Waals surface area contributed by atoms with E-state index >= 15 is 0 Å². The van der Waals surface area contributed by atoms with Crippen LogP contribution in [0, 0.1) is 5.92 Å². The lowest BCUT2D eigenvalue weighted by Crippen LogP contribution is -2.30. The molecule has 2 aliphatic carbocycles. The van der Waals surface area contributed by atoms with Gasteiger partial charge in [-0.05, 0) is 38.5 Å². The minimum Gasteiger partial charge on any atom is -0.367 e. The Labute approximate surface area is 154 Å². The lowest BCUT2D eigenvalue weighted by Gasteiger charge is -2.28. The number of carbonyl (C=O) groups is 2. The zero-order chi connectivity index (χ0) is 18.5. The van der Waals surface area contributed by atoms with Crippen molar-refractivity contribution in [3.05, 3.63) is 11.8 Å². The van der Waals surface area contributed by atoms with Gasteiger partial charge in [0.05, 0.1) is 5.56 Å². The van der Waals surface area contributed by atoms with Crippen molar-refractivity contribution in [2.75, 3.05) is 10.6 Å². The molecule has 0 saturated heterocycles. The van der Waals surface area contributed by atoms with Crippen molar-refractivity contribution in [1.82, 2.24) is 9.97 Å². The second-order valence-electron chi connectivity index (χ2n) is 7.46. The molecule has 7 heteroatoms. The second kappa shape index (κ2) is 8.47. The molecule has 0 unspecified atom stereocenters. The van der Waals surface area contributed by atoms with Gasteiger partial charge in [-0.15, -0.1) is 0 Å². The zero-order valence-electron chi connectivity index (χ0n) is 15.5. The van der Waals surface area contributed by atoms with Crippen LogP contribution < -0.4 is 16.4 Å². The summed E-state index contributed by atoms with van der Waals surface area (Å²) >= 11 is 0. The molecule has 0 atom stereocenters. The predicted octanol–water partition coefficient (Wildman–Crippen LogP) is 2.88. The van der Waals surface area contributed by atoms with Crippen molar-refractivity contribution in [2.24, 2.45) is 11.7 Å². The van der Waals surface area contributed by atoms with Crippen molar-refractivity contribution in [2.45, 2.75) is 76.8 Å². The van der Waals surface area contributed by atoms with Crippen LogP contribution in [0.5, 0.6) is 0 Å². The Morgan fingerprint density at radius 1 is 1.08 bits per heavy atom. The van der Waals surface area contributed by atoms with Gasteiger partial charge >= 0.3 is 0 Å². The molecule has 1 heterocycles. The Bertz CT molecular complexity index is 649. The van der Waals surface area contributed by atoms with E-state index in [9.17, 15) is 9.59 Å². The van der Waals surface area contributed by atoms with Gasteiger partial charge in [-0.2, -0.15) is 4.98 Å². The molecule has 7 nitrogen and oxygen atoms in total. The van der Waals surface area contributed by atoms with E-state index in [4.69, 9.17) is 5.73 Å². The summed E-state index contributed by atoms with van der Waals surface area (Å²) in [4.78, 5) is 32.3. The first kappa shape index (κ1) is 18.6. The first-order chi connectivity index (χ1) is 12.6. The molecule has 0 bridgehead atoms. The Balaban J connectivity index is 1.64. The number of anilines is 2. The average Bonchev–Trinajstić information content (AvgIpc) is 3.14. The van der Waals surface area contributed by atoms with Gasteiger partial charge in [-0.1, -0.05) is 19.8 Å². The Morgan fingerprint density at radius 2 is 1.73 bits per heavy atom. The van der Waals surface area contributed by atoms with Crippen LogP contribution in [-0.2, 0) is 4.79 Å². The van der Waals surface area contributed by atoms with E-state index in [1.807, 2.05) is 6.92 Å². The minimum absolute atomic E-state index is 0.204. The standard InChI is InChI=1S/C19H29N5O2/c1-2-16(25)12-7-9-14(10-8-12)23-19-21-11-15(17(20)26)18(24-19)22-13-5-3-4-6-13/h11-14H,2-10H2,1H3,(H2,20,26)(H2,21,22,23,24). The van der Waals surface area contributed by atoms with Gasteiger partial charge in [0.25, 0.3) is 5.91 Å². The third-order valence-corrected chi connectivity index (χ3v) is 5.61. The van der Waals surface area contributed by atoms with Crippen LogP contribution in [0.4, 0.5) is 11.8 Å². The summed E-state index contributed by atoms with van der Waals surface area (Å²) in [7, 11) is 0. The molecule has 2 fully saturated rings. The van der Waals surface area contributed by atoms with Gasteiger partial charge in [0.2, 0.25) is 5.95 Å². The number of nitrogens with two attached hydrogens (primary N) is 1. The van der Waals surface area contributed by atoms with Gasteiger partial charge in [-0.25, -0.2) is 4.98 Å². The largest absolute Gasteiger partial charge is 0.367 e. The normalized spacial score (nSPS) is 23.6. The maximum atomic E-state index is 11.8. The summed E-state index contributed by atoms with van der Waals surface area (Å²) in [5.41, 5.74) is 5.80. The number of rotatable bonds is 7. The fraction of sp³-hybridized carbons (Fsp3) is 0.684. The predicted molar refractivity (Wildman–Crippen MR) is 101 cm³/mol. The summed E-state index contributed by atoms with van der Waals surface area (Å²) in [5, 5.41) is 6.73. The van der Waals surface area contributed by atoms with Gasteiger partial charge in [0.1, 0.15) is 11.6 Å². The summed E-state index contributed by atoms with van der Waals surface area (Å²) in [6.45, 7) is 1.93. The molecule has 1 aromatic heterocycles. The number of amides is 1. The van der Waals surface area contributed by atoms with Gasteiger partial charge in [0.15, 0.2) is 0 Å². The van der Waals surface area contributed by atoms with Crippen LogP contribution >= 0.6 is 0 Å². The lowest BCUT2D eigenvalue weighted by molar-refractivity contribution is -0.123. The molecule has 3 rings (SSSR count). The average molecular weight is 359 g/mol. The molecule has 0 spiro atoms. The highest BCUT2D eigenvalue weighted by Crippen LogP contribution is 2.28. The molecule has 4 N–H and O–H groups in total. The van der Waals surface area contributed by atoms with Gasteiger partial charge in [-0.3, -0.25) is 9.59 Å². The monoisotopic (exact) mass is 359 g/mol. The van der Waals surface area contributed by atoms with E-state index in [0.717, 1.165) is 38.5 Å². The number of hydrogen-bond donors (Lipinski definition) is 3. The fourth-order valence-corrected chi connectivity index (χ4v) is 4.04. The third-order valence-electron chi connectivity index (χ3n) is 5.61. The molecule has 0 aromatic carbocycles. The van der Waals surface area contributed by atoms with Gasteiger partial charge < -0.3 is 16.4 Å². The molecule has 1 aromatic rings. The quantitative estimate of drug-likeness (QED) is 0.690. The molecule has 2 aliphatic rings. The molecule has 26 heavy (non-hydrogen) atoms. The van der Waals surface area contributed by atoms with E-state index in [2.05, 4.69) is 20.6 Å². The van der Waals surface area contributed by atoms with Crippen LogP contribution in [0.25, 0.3) is 0 Å². The SMILES string of the molecule is CCC(=O)C1CCC(Nc2ncc(C(N)=O)c(NC3CCCC3)n2)CC1. The molecular formula is C19H29N5O2. The van der Waals surface area contributed by atoms with E-state index in [1.54, 1.807) is 0 Å². The summed E-state index contributed by atoms with van der Waals surface area (Å²) in [5.74, 6) is 1.09. The van der Waals surface area contributed by atoms with Crippen molar-refractivity contribution < 1.29 is 9.59 Å². The van der Waals surface area contributed by atoms with E-state index < -0.39 is 5.91 Å². The number of nitrogens with one attached hydrogen (secondary N) is 2. The summed E-state index contributed by atoms with van der Waals surface area (Å²) < 4.78 is 0. The molecule has 0 radical (unpaired) electrons. The molecule has 2 saturated carbocycles. The van der Waals surface area contributed by atoms with Crippen molar-refractivity contribution in [3.8, 4) is 0 Å². The lowest BCUT2D eigenvalue weighted by atomic mass is 9.83. The first-order valence-electron chi connectivity index (χ1n) is 9.79. The molecule has 0 aliphatic heterocycles. The number of hydrogen-bond acceptors (Lipinski definition) is 6. The van der Waals surface area contributed by atoms with E-state index in [-0.39, 0.29) is 12.0 Å². The Hall–Kier alpha value is -2.18. The highest BCUT2D eigenvalue weighted by atomic mass is 16.1. The van der Waals surface area contributed by atoms with Crippen LogP contribution in [-0.4, -0.2) is 33.7 Å². The minimum atomic E-state index is -0.518. The van der Waals surface area contributed by atoms with Crippen LogP contribution in [0.15, 0.2) is 6.20 Å². The fourth-order valence-electron chi connectivity index (χ4n) is 4.04. The van der Waals surface area contributed by atoms with E-state index in [1.165, 1.54) is 19.0 Å². The molecule has 1 amide bonds. The van der Waals surface area contributed by atoms with Crippen molar-refractivity contribution in [3.63, 3.8) is 0 Å². The maximum Gasteiger partial charge on any atom is 0.254 e. The Kier molecular flexibility index (Phi) is 6.06. The number of carbonyl (C=O) groups excluding carboxylic acids is 2.